The van der Waals surface area contributed by atoms with Gasteiger partial charge in [-0.3, -0.25) is 9.47 Å². The lowest BCUT2D eigenvalue weighted by Crippen LogP contribution is -2.32. The summed E-state index contributed by atoms with van der Waals surface area (Å²) in [6.45, 7) is 5.27. The minimum Gasteiger partial charge on any atom is -0.497 e. The van der Waals surface area contributed by atoms with E-state index < -0.39 is 0 Å². The van der Waals surface area contributed by atoms with Gasteiger partial charge in [-0.05, 0) is 49.6 Å². The second-order valence-electron chi connectivity index (χ2n) is 8.26. The van der Waals surface area contributed by atoms with Gasteiger partial charge in [0.05, 0.1) is 25.6 Å². The highest BCUT2D eigenvalue weighted by Crippen LogP contribution is 2.34. The summed E-state index contributed by atoms with van der Waals surface area (Å²) in [5.41, 5.74) is 2.66. The van der Waals surface area contributed by atoms with Gasteiger partial charge in [-0.1, -0.05) is 12.1 Å². The van der Waals surface area contributed by atoms with Crippen molar-refractivity contribution in [3.8, 4) is 5.75 Å². The summed E-state index contributed by atoms with van der Waals surface area (Å²) < 4.78 is 13.9. The van der Waals surface area contributed by atoms with Crippen LogP contribution in [-0.4, -0.2) is 57.5 Å². The highest BCUT2D eigenvalue weighted by molar-refractivity contribution is 7.19. The molecule has 1 aliphatic rings. The SMILES string of the molecule is COC[C@@H]1CCCN1Cc1sc2c(c1C)c1ncnn1c(=O)n2Cc1ccc(OC)cc1. The van der Waals surface area contributed by atoms with E-state index >= 15 is 0 Å². The number of fused-ring (bicyclic) bond motifs is 3. The smallest absolute Gasteiger partial charge is 0.352 e. The minimum atomic E-state index is -0.174. The van der Waals surface area contributed by atoms with Crippen molar-refractivity contribution in [2.24, 2.45) is 0 Å². The zero-order valence-electron chi connectivity index (χ0n) is 18.6. The van der Waals surface area contributed by atoms with Crippen LogP contribution in [0.3, 0.4) is 0 Å². The lowest BCUT2D eigenvalue weighted by molar-refractivity contribution is 0.112. The van der Waals surface area contributed by atoms with Gasteiger partial charge < -0.3 is 9.47 Å². The van der Waals surface area contributed by atoms with Gasteiger partial charge >= 0.3 is 5.69 Å². The predicted molar refractivity (Wildman–Crippen MR) is 125 cm³/mol. The van der Waals surface area contributed by atoms with E-state index in [1.54, 1.807) is 25.6 Å². The van der Waals surface area contributed by atoms with Gasteiger partial charge in [-0.2, -0.15) is 9.61 Å². The molecule has 0 unspecified atom stereocenters. The van der Waals surface area contributed by atoms with Crippen LogP contribution in [0, 0.1) is 6.92 Å². The molecule has 1 aliphatic heterocycles. The normalized spacial score (nSPS) is 17.0. The van der Waals surface area contributed by atoms with Gasteiger partial charge in [-0.15, -0.1) is 11.3 Å². The number of nitrogens with zero attached hydrogens (tertiary/aromatic N) is 5. The third-order valence-electron chi connectivity index (χ3n) is 6.36. The third kappa shape index (κ3) is 3.60. The van der Waals surface area contributed by atoms with E-state index in [2.05, 4.69) is 21.9 Å². The molecule has 8 nitrogen and oxygen atoms in total. The number of hydrogen-bond donors (Lipinski definition) is 0. The molecule has 1 fully saturated rings. The third-order valence-corrected chi connectivity index (χ3v) is 7.66. The van der Waals surface area contributed by atoms with Crippen molar-refractivity contribution >= 4 is 27.2 Å². The Morgan fingerprint density at radius 3 is 2.75 bits per heavy atom. The highest BCUT2D eigenvalue weighted by atomic mass is 32.1. The van der Waals surface area contributed by atoms with Crippen LogP contribution in [0.4, 0.5) is 0 Å². The molecule has 0 amide bonds. The molecule has 168 valence electrons. The first kappa shape index (κ1) is 21.1. The van der Waals surface area contributed by atoms with Crippen molar-refractivity contribution in [2.75, 3.05) is 27.4 Å². The number of benzene rings is 1. The Labute approximate surface area is 190 Å². The van der Waals surface area contributed by atoms with Crippen LogP contribution < -0.4 is 10.4 Å². The highest BCUT2D eigenvalue weighted by Gasteiger charge is 2.27. The van der Waals surface area contributed by atoms with E-state index in [0.717, 1.165) is 47.6 Å². The van der Waals surface area contributed by atoms with Gasteiger partial charge in [0.25, 0.3) is 0 Å². The summed E-state index contributed by atoms with van der Waals surface area (Å²) in [4.78, 5) is 22.4. The number of hydrogen-bond acceptors (Lipinski definition) is 7. The largest absolute Gasteiger partial charge is 0.497 e. The molecule has 0 radical (unpaired) electrons. The molecule has 9 heteroatoms. The van der Waals surface area contributed by atoms with Crippen LogP contribution in [0.25, 0.3) is 15.9 Å². The van der Waals surface area contributed by atoms with Crippen LogP contribution in [0.15, 0.2) is 35.4 Å². The van der Waals surface area contributed by atoms with Gasteiger partial charge in [0.2, 0.25) is 0 Å². The average Bonchev–Trinajstić information content (AvgIpc) is 3.52. The molecule has 32 heavy (non-hydrogen) atoms. The van der Waals surface area contributed by atoms with Crippen LogP contribution >= 0.6 is 11.3 Å². The van der Waals surface area contributed by atoms with Crippen LogP contribution in [0.2, 0.25) is 0 Å². The second-order valence-corrected chi connectivity index (χ2v) is 9.35. The molecule has 0 saturated carbocycles. The first-order valence-electron chi connectivity index (χ1n) is 10.8. The molecule has 4 heterocycles. The quantitative estimate of drug-likeness (QED) is 0.428. The first-order chi connectivity index (χ1) is 15.6. The molecule has 4 aromatic rings. The first-order valence-corrected chi connectivity index (χ1v) is 11.6. The maximum Gasteiger partial charge on any atom is 0.352 e. The Morgan fingerprint density at radius 1 is 1.19 bits per heavy atom. The molecule has 3 aromatic heterocycles. The number of likely N-dealkylation sites (tertiary alicyclic amines) is 1. The zero-order chi connectivity index (χ0) is 22.2. The van der Waals surface area contributed by atoms with E-state index in [1.807, 2.05) is 28.8 Å². The monoisotopic (exact) mass is 453 g/mol. The van der Waals surface area contributed by atoms with E-state index in [0.29, 0.717) is 18.2 Å². The average molecular weight is 454 g/mol. The van der Waals surface area contributed by atoms with Gasteiger partial charge in [0.1, 0.15) is 16.9 Å². The zero-order valence-corrected chi connectivity index (χ0v) is 19.4. The predicted octanol–water partition coefficient (Wildman–Crippen LogP) is 3.08. The Balaban J connectivity index is 1.60. The van der Waals surface area contributed by atoms with Crippen molar-refractivity contribution < 1.29 is 9.47 Å². The van der Waals surface area contributed by atoms with Crippen LogP contribution in [-0.2, 0) is 17.8 Å². The summed E-state index contributed by atoms with van der Waals surface area (Å²) >= 11 is 1.69. The summed E-state index contributed by atoms with van der Waals surface area (Å²) in [6, 6.07) is 8.26. The standard InChI is InChI=1S/C23H27N5O3S/c1-15-19(12-26-10-4-5-17(26)13-30-2)32-22-20(15)21-24-14-25-28(21)23(29)27(22)11-16-6-8-18(31-3)9-7-16/h6-9,14,17H,4-5,10-13H2,1-3H3/t17-/m0/s1. The van der Waals surface area contributed by atoms with Crippen molar-refractivity contribution in [1.82, 2.24) is 24.1 Å². The number of ether oxygens (including phenoxy) is 2. The molecule has 1 saturated heterocycles. The summed E-state index contributed by atoms with van der Waals surface area (Å²) in [5, 5.41) is 5.23. The van der Waals surface area contributed by atoms with Crippen LogP contribution in [0.5, 0.6) is 5.75 Å². The topological polar surface area (TPSA) is 73.9 Å². The molecule has 0 bridgehead atoms. The number of thiophene rings is 1. The van der Waals surface area contributed by atoms with Gasteiger partial charge in [-0.25, -0.2) is 9.78 Å². The van der Waals surface area contributed by atoms with E-state index in [-0.39, 0.29) is 5.69 Å². The fourth-order valence-corrected chi connectivity index (χ4v) is 5.94. The Kier molecular flexibility index (Phi) is 5.71. The fraction of sp³-hybridized carbons (Fsp3) is 0.435. The minimum absolute atomic E-state index is 0.174. The molecule has 1 aromatic carbocycles. The van der Waals surface area contributed by atoms with Crippen molar-refractivity contribution in [3.63, 3.8) is 0 Å². The number of rotatable bonds is 7. The molecular weight excluding hydrogens is 426 g/mol. The Hall–Kier alpha value is -2.75. The van der Waals surface area contributed by atoms with Gasteiger partial charge in [0.15, 0.2) is 5.65 Å². The van der Waals surface area contributed by atoms with Crippen molar-refractivity contribution in [1.29, 1.82) is 0 Å². The molecule has 0 spiro atoms. The fourth-order valence-electron chi connectivity index (χ4n) is 4.62. The maximum atomic E-state index is 13.3. The second kappa shape index (κ2) is 8.65. The van der Waals surface area contributed by atoms with Crippen LogP contribution in [0.1, 0.15) is 28.8 Å². The van der Waals surface area contributed by atoms with Gasteiger partial charge in [0, 0.05) is 24.6 Å². The number of aryl methyl sites for hydroxylation is 1. The lowest BCUT2D eigenvalue weighted by Gasteiger charge is -2.23. The number of aromatic nitrogens is 4. The molecule has 5 rings (SSSR count). The molecular formula is C23H27N5O3S. The van der Waals surface area contributed by atoms with E-state index in [9.17, 15) is 4.79 Å². The summed E-state index contributed by atoms with van der Waals surface area (Å²) in [6.07, 6.45) is 3.81. The van der Waals surface area contributed by atoms with E-state index in [4.69, 9.17) is 9.47 Å². The number of methoxy groups -OCH3 is 2. The molecule has 0 N–H and O–H groups in total. The van der Waals surface area contributed by atoms with Crippen molar-refractivity contribution in [2.45, 2.75) is 38.9 Å². The summed E-state index contributed by atoms with van der Waals surface area (Å²) in [7, 11) is 3.41. The molecule has 1 atom stereocenters. The Morgan fingerprint density at radius 2 is 2.00 bits per heavy atom. The van der Waals surface area contributed by atoms with Crippen molar-refractivity contribution in [3.05, 3.63) is 57.1 Å². The Bertz CT molecular complexity index is 1310. The maximum absolute atomic E-state index is 13.3. The lowest BCUT2D eigenvalue weighted by atomic mass is 10.2. The molecule has 0 aliphatic carbocycles. The summed E-state index contributed by atoms with van der Waals surface area (Å²) in [5.74, 6) is 0.795. The van der Waals surface area contributed by atoms with E-state index in [1.165, 1.54) is 27.7 Å².